The molecule has 0 aliphatic heterocycles. The Hall–Kier alpha value is -1.75. The number of benzene rings is 1. The number of para-hydroxylation sites is 1. The van der Waals surface area contributed by atoms with Crippen molar-refractivity contribution in [2.75, 3.05) is 24.8 Å². The van der Waals surface area contributed by atoms with Crippen LogP contribution in [0.15, 0.2) is 30.3 Å². The van der Waals surface area contributed by atoms with Gasteiger partial charge >= 0.3 is 0 Å². The minimum Gasteiger partial charge on any atom is -0.398 e. The second-order valence-corrected chi connectivity index (χ2v) is 5.96. The van der Waals surface area contributed by atoms with Gasteiger partial charge in [0, 0.05) is 29.9 Å². The monoisotopic (exact) mass is 303 g/mol. The van der Waals surface area contributed by atoms with Crippen LogP contribution >= 0.6 is 11.8 Å². The highest BCUT2D eigenvalue weighted by molar-refractivity contribution is 7.98. The van der Waals surface area contributed by atoms with Crippen LogP contribution in [0.5, 0.6) is 0 Å². The van der Waals surface area contributed by atoms with E-state index in [0.29, 0.717) is 11.4 Å². The molecule has 1 atom stereocenters. The van der Waals surface area contributed by atoms with E-state index in [2.05, 4.69) is 11.9 Å². The van der Waals surface area contributed by atoms with Gasteiger partial charge in [0.05, 0.1) is 5.52 Å². The Morgan fingerprint density at radius 1 is 1.43 bits per heavy atom. The van der Waals surface area contributed by atoms with Gasteiger partial charge in [0.1, 0.15) is 5.69 Å². The highest BCUT2D eigenvalue weighted by atomic mass is 32.2. The van der Waals surface area contributed by atoms with Gasteiger partial charge in [-0.2, -0.15) is 11.8 Å². The number of aromatic nitrogens is 1. The van der Waals surface area contributed by atoms with Crippen LogP contribution in [-0.2, 0) is 0 Å². The Morgan fingerprint density at radius 3 is 2.81 bits per heavy atom. The highest BCUT2D eigenvalue weighted by Gasteiger charge is 2.21. The predicted molar refractivity (Wildman–Crippen MR) is 90.7 cm³/mol. The topological polar surface area (TPSA) is 59.2 Å². The number of amides is 1. The highest BCUT2D eigenvalue weighted by Crippen LogP contribution is 2.21. The normalized spacial score (nSPS) is 12.3. The fraction of sp³-hybridized carbons (Fsp3) is 0.375. The lowest BCUT2D eigenvalue weighted by atomic mass is 10.1. The minimum atomic E-state index is -0.0756. The average molecular weight is 303 g/mol. The van der Waals surface area contributed by atoms with Crippen LogP contribution in [-0.4, -0.2) is 40.9 Å². The summed E-state index contributed by atoms with van der Waals surface area (Å²) in [4.78, 5) is 18.8. The first kappa shape index (κ1) is 15.6. The lowest BCUT2D eigenvalue weighted by Crippen LogP contribution is -2.38. The van der Waals surface area contributed by atoms with E-state index in [4.69, 9.17) is 5.73 Å². The molecule has 1 aromatic heterocycles. The van der Waals surface area contributed by atoms with Crippen LogP contribution < -0.4 is 5.73 Å². The molecule has 1 amide bonds. The zero-order valence-corrected chi connectivity index (χ0v) is 13.5. The van der Waals surface area contributed by atoms with E-state index in [0.717, 1.165) is 23.1 Å². The quantitative estimate of drug-likeness (QED) is 0.922. The number of thioether (sulfide) groups is 1. The molecule has 0 fully saturated rings. The molecule has 2 rings (SSSR count). The molecule has 0 saturated heterocycles. The molecule has 5 heteroatoms. The van der Waals surface area contributed by atoms with Crippen LogP contribution in [0.1, 0.15) is 23.8 Å². The molecule has 0 aliphatic carbocycles. The Balaban J connectivity index is 2.34. The summed E-state index contributed by atoms with van der Waals surface area (Å²) >= 11 is 1.74. The van der Waals surface area contributed by atoms with Crippen molar-refractivity contribution in [2.24, 2.45) is 0 Å². The molecule has 2 aromatic rings. The molecule has 4 nitrogen and oxygen atoms in total. The molecule has 2 N–H and O–H groups in total. The van der Waals surface area contributed by atoms with Crippen LogP contribution in [0.25, 0.3) is 10.9 Å². The molecule has 1 unspecified atom stereocenters. The number of hydrogen-bond acceptors (Lipinski definition) is 4. The van der Waals surface area contributed by atoms with E-state index < -0.39 is 0 Å². The molecule has 21 heavy (non-hydrogen) atoms. The second-order valence-electron chi connectivity index (χ2n) is 5.05. The number of fused-ring (bicyclic) bond motifs is 1. The maximum Gasteiger partial charge on any atom is 0.272 e. The summed E-state index contributed by atoms with van der Waals surface area (Å²) in [7, 11) is 1.83. The van der Waals surface area contributed by atoms with E-state index >= 15 is 0 Å². The smallest absolute Gasteiger partial charge is 0.272 e. The van der Waals surface area contributed by atoms with Gasteiger partial charge in [0.2, 0.25) is 0 Å². The van der Waals surface area contributed by atoms with Crippen LogP contribution in [0.4, 0.5) is 5.69 Å². The molecule has 0 spiro atoms. The minimum absolute atomic E-state index is 0.0756. The number of nitrogens with two attached hydrogens (primary N) is 1. The number of rotatable bonds is 5. The lowest BCUT2D eigenvalue weighted by Gasteiger charge is -2.26. The molecule has 112 valence electrons. The summed E-state index contributed by atoms with van der Waals surface area (Å²) < 4.78 is 0. The van der Waals surface area contributed by atoms with Crippen molar-refractivity contribution in [3.63, 3.8) is 0 Å². The van der Waals surface area contributed by atoms with E-state index in [-0.39, 0.29) is 11.9 Å². The average Bonchev–Trinajstić information content (AvgIpc) is 2.51. The van der Waals surface area contributed by atoms with Crippen molar-refractivity contribution in [1.29, 1.82) is 0 Å². The molecular formula is C16H21N3OS. The molecule has 0 saturated carbocycles. The maximum atomic E-state index is 12.6. The van der Waals surface area contributed by atoms with Gasteiger partial charge in [-0.25, -0.2) is 4.98 Å². The fourth-order valence-corrected chi connectivity index (χ4v) is 3.20. The first-order valence-electron chi connectivity index (χ1n) is 6.99. The number of nitrogen functional groups attached to an aromatic ring is 1. The fourth-order valence-electron chi connectivity index (χ4n) is 2.35. The standard InChI is InChI=1S/C16H21N3OS/c1-4-11(10-21-3)19(2)16(20)15-9-13(17)12-7-5-6-8-14(12)18-15/h5-9,11H,4,10H2,1-3H3,(H2,17,18). The van der Waals surface area contributed by atoms with Gasteiger partial charge in [-0.3, -0.25) is 4.79 Å². The van der Waals surface area contributed by atoms with Crippen molar-refractivity contribution < 1.29 is 4.79 Å². The summed E-state index contributed by atoms with van der Waals surface area (Å²) in [6.07, 6.45) is 2.97. The van der Waals surface area contributed by atoms with Gasteiger partial charge in [0.15, 0.2) is 0 Å². The third kappa shape index (κ3) is 3.29. The Bertz CT molecular complexity index is 644. The number of carbonyl (C=O) groups excluding carboxylic acids is 1. The second kappa shape index (κ2) is 6.80. The third-order valence-corrected chi connectivity index (χ3v) is 4.38. The molecule has 1 heterocycles. The summed E-state index contributed by atoms with van der Waals surface area (Å²) in [5.41, 5.74) is 7.81. The molecule has 0 aliphatic rings. The molecule has 0 bridgehead atoms. The maximum absolute atomic E-state index is 12.6. The SMILES string of the molecule is CCC(CSC)N(C)C(=O)c1cc(N)c2ccccc2n1. The van der Waals surface area contributed by atoms with E-state index in [1.807, 2.05) is 37.6 Å². The molecular weight excluding hydrogens is 282 g/mol. The number of anilines is 1. The van der Waals surface area contributed by atoms with Crippen molar-refractivity contribution in [3.05, 3.63) is 36.0 Å². The van der Waals surface area contributed by atoms with Crippen molar-refractivity contribution >= 4 is 34.3 Å². The largest absolute Gasteiger partial charge is 0.398 e. The first-order valence-corrected chi connectivity index (χ1v) is 8.39. The van der Waals surface area contributed by atoms with Crippen LogP contribution in [0.3, 0.4) is 0 Å². The summed E-state index contributed by atoms with van der Waals surface area (Å²) in [5.74, 6) is 0.843. The number of nitrogens with zero attached hydrogens (tertiary/aromatic N) is 2. The number of hydrogen-bond donors (Lipinski definition) is 1. The number of carbonyl (C=O) groups is 1. The number of pyridine rings is 1. The summed E-state index contributed by atoms with van der Waals surface area (Å²) in [6.45, 7) is 2.09. The van der Waals surface area contributed by atoms with Crippen LogP contribution in [0, 0.1) is 0 Å². The van der Waals surface area contributed by atoms with Crippen molar-refractivity contribution in [2.45, 2.75) is 19.4 Å². The zero-order valence-electron chi connectivity index (χ0n) is 12.7. The third-order valence-electron chi connectivity index (χ3n) is 3.67. The van der Waals surface area contributed by atoms with E-state index in [1.165, 1.54) is 0 Å². The van der Waals surface area contributed by atoms with E-state index in [1.54, 1.807) is 22.7 Å². The predicted octanol–water partition coefficient (Wildman–Crippen LogP) is 3.03. The Kier molecular flexibility index (Phi) is 5.07. The van der Waals surface area contributed by atoms with Gasteiger partial charge < -0.3 is 10.6 Å². The van der Waals surface area contributed by atoms with Gasteiger partial charge in [0.25, 0.3) is 5.91 Å². The Labute approximate surface area is 129 Å². The van der Waals surface area contributed by atoms with Crippen molar-refractivity contribution in [3.8, 4) is 0 Å². The van der Waals surface area contributed by atoms with Gasteiger partial charge in [-0.05, 0) is 24.8 Å². The van der Waals surface area contributed by atoms with Crippen LogP contribution in [0.2, 0.25) is 0 Å². The van der Waals surface area contributed by atoms with Gasteiger partial charge in [-0.15, -0.1) is 0 Å². The molecule has 1 aromatic carbocycles. The van der Waals surface area contributed by atoms with E-state index in [9.17, 15) is 4.79 Å². The van der Waals surface area contributed by atoms with Crippen molar-refractivity contribution in [1.82, 2.24) is 9.88 Å². The summed E-state index contributed by atoms with van der Waals surface area (Å²) in [6, 6.07) is 9.49. The summed E-state index contributed by atoms with van der Waals surface area (Å²) in [5, 5.41) is 0.882. The lowest BCUT2D eigenvalue weighted by molar-refractivity contribution is 0.0738. The van der Waals surface area contributed by atoms with Gasteiger partial charge in [-0.1, -0.05) is 25.1 Å². The zero-order chi connectivity index (χ0) is 15.4. The first-order chi connectivity index (χ1) is 10.1. The molecule has 0 radical (unpaired) electrons. The Morgan fingerprint density at radius 2 is 2.14 bits per heavy atom.